The second-order valence-corrected chi connectivity index (χ2v) is 9.30. The molecule has 166 valence electrons. The summed E-state index contributed by atoms with van der Waals surface area (Å²) in [5.41, 5.74) is 3.34. The highest BCUT2D eigenvalue weighted by Crippen LogP contribution is 2.28. The second kappa shape index (κ2) is 9.29. The van der Waals surface area contributed by atoms with E-state index in [-0.39, 0.29) is 17.9 Å². The van der Waals surface area contributed by atoms with E-state index in [2.05, 4.69) is 15.6 Å². The molecule has 1 fully saturated rings. The molecule has 0 aliphatic heterocycles. The summed E-state index contributed by atoms with van der Waals surface area (Å²) in [7, 11) is 0. The lowest BCUT2D eigenvalue weighted by Crippen LogP contribution is -2.25. The van der Waals surface area contributed by atoms with Crippen molar-refractivity contribution in [1.82, 2.24) is 14.7 Å². The van der Waals surface area contributed by atoms with Crippen molar-refractivity contribution < 1.29 is 9.59 Å². The Bertz CT molecular complexity index is 1320. The summed E-state index contributed by atoms with van der Waals surface area (Å²) in [6, 6.07) is 18.5. The third-order valence-electron chi connectivity index (χ3n) is 5.31. The molecule has 2 amide bonds. The van der Waals surface area contributed by atoms with Gasteiger partial charge in [-0.25, -0.2) is 4.98 Å². The molecule has 0 spiro atoms. The predicted octanol–water partition coefficient (Wildman–Crippen LogP) is 5.42. The number of carbonyl (C=O) groups excluding carboxylic acids is 2. The zero-order valence-corrected chi connectivity index (χ0v) is 19.2. The molecule has 33 heavy (non-hydrogen) atoms. The molecule has 0 bridgehead atoms. The number of hydrogen-bond acceptors (Lipinski definition) is 4. The van der Waals surface area contributed by atoms with Crippen LogP contribution in [0.25, 0.3) is 5.65 Å². The summed E-state index contributed by atoms with van der Waals surface area (Å²) < 4.78 is 1.98. The Morgan fingerprint density at radius 2 is 1.85 bits per heavy atom. The van der Waals surface area contributed by atoms with Crippen LogP contribution in [0.4, 0.5) is 5.69 Å². The SMILES string of the molecule is O=C(NC1CC1)c1ccc(NC(=O)c2ccccc2SCc2cn3ccccc3n2)cc1Cl. The summed E-state index contributed by atoms with van der Waals surface area (Å²) in [4.78, 5) is 30.8. The molecule has 0 radical (unpaired) electrons. The summed E-state index contributed by atoms with van der Waals surface area (Å²) in [6.07, 6.45) is 5.97. The van der Waals surface area contributed by atoms with Crippen LogP contribution >= 0.6 is 23.4 Å². The average molecular weight is 477 g/mol. The van der Waals surface area contributed by atoms with Crippen molar-refractivity contribution in [3.8, 4) is 0 Å². The number of benzene rings is 2. The molecule has 2 aromatic heterocycles. The molecule has 1 aliphatic rings. The molecule has 8 heteroatoms. The number of nitrogens with zero attached hydrogens (tertiary/aromatic N) is 2. The zero-order chi connectivity index (χ0) is 22.8. The van der Waals surface area contributed by atoms with Crippen LogP contribution in [-0.2, 0) is 5.75 Å². The molecule has 4 aromatic rings. The Labute approximate surface area is 200 Å². The van der Waals surface area contributed by atoms with Gasteiger partial charge in [-0.05, 0) is 55.3 Å². The quantitative estimate of drug-likeness (QED) is 0.349. The fourth-order valence-corrected chi connectivity index (χ4v) is 4.65. The molecule has 0 saturated heterocycles. The van der Waals surface area contributed by atoms with Crippen LogP contribution in [0.5, 0.6) is 0 Å². The number of halogens is 1. The predicted molar refractivity (Wildman–Crippen MR) is 131 cm³/mol. The van der Waals surface area contributed by atoms with E-state index in [0.29, 0.717) is 27.6 Å². The molecule has 0 atom stereocenters. The lowest BCUT2D eigenvalue weighted by Gasteiger charge is -2.11. The third-order valence-corrected chi connectivity index (χ3v) is 6.73. The van der Waals surface area contributed by atoms with Crippen molar-refractivity contribution in [1.29, 1.82) is 0 Å². The first kappa shape index (κ1) is 21.6. The second-order valence-electron chi connectivity index (χ2n) is 7.88. The van der Waals surface area contributed by atoms with E-state index in [4.69, 9.17) is 11.6 Å². The van der Waals surface area contributed by atoms with Gasteiger partial charge in [-0.1, -0.05) is 29.8 Å². The van der Waals surface area contributed by atoms with Crippen LogP contribution in [0.15, 0.2) is 78.0 Å². The minimum absolute atomic E-state index is 0.186. The lowest BCUT2D eigenvalue weighted by atomic mass is 10.1. The van der Waals surface area contributed by atoms with Crippen LogP contribution in [0.1, 0.15) is 39.3 Å². The first-order valence-corrected chi connectivity index (χ1v) is 12.0. The molecule has 1 aliphatic carbocycles. The summed E-state index contributed by atoms with van der Waals surface area (Å²) in [6.45, 7) is 0. The van der Waals surface area contributed by atoms with Gasteiger partial charge in [0, 0.05) is 34.8 Å². The maximum Gasteiger partial charge on any atom is 0.256 e. The van der Waals surface area contributed by atoms with E-state index < -0.39 is 0 Å². The summed E-state index contributed by atoms with van der Waals surface area (Å²) in [5, 5.41) is 6.12. The smallest absolute Gasteiger partial charge is 0.256 e. The number of carbonyl (C=O) groups is 2. The molecule has 2 heterocycles. The van der Waals surface area contributed by atoms with Crippen molar-refractivity contribution >= 4 is 46.5 Å². The number of imidazole rings is 1. The number of fused-ring (bicyclic) bond motifs is 1. The fourth-order valence-electron chi connectivity index (χ4n) is 3.45. The number of thioether (sulfide) groups is 1. The van der Waals surface area contributed by atoms with Gasteiger partial charge in [0.1, 0.15) is 5.65 Å². The van der Waals surface area contributed by atoms with Crippen molar-refractivity contribution in [2.75, 3.05) is 5.32 Å². The molecule has 2 aromatic carbocycles. The van der Waals surface area contributed by atoms with Crippen LogP contribution in [0.2, 0.25) is 5.02 Å². The number of nitrogens with one attached hydrogen (secondary N) is 2. The van der Waals surface area contributed by atoms with Gasteiger partial charge in [0.2, 0.25) is 0 Å². The maximum atomic E-state index is 13.0. The normalized spacial score (nSPS) is 13.1. The zero-order valence-electron chi connectivity index (χ0n) is 17.6. The number of pyridine rings is 1. The molecule has 1 saturated carbocycles. The van der Waals surface area contributed by atoms with Gasteiger partial charge in [0.05, 0.1) is 21.8 Å². The van der Waals surface area contributed by atoms with E-state index in [1.54, 1.807) is 36.0 Å². The summed E-state index contributed by atoms with van der Waals surface area (Å²) in [5.74, 6) is 0.219. The summed E-state index contributed by atoms with van der Waals surface area (Å²) >= 11 is 7.87. The van der Waals surface area contributed by atoms with Gasteiger partial charge >= 0.3 is 0 Å². The maximum absolute atomic E-state index is 13.0. The van der Waals surface area contributed by atoms with Gasteiger partial charge in [0.25, 0.3) is 11.8 Å². The monoisotopic (exact) mass is 476 g/mol. The topological polar surface area (TPSA) is 75.5 Å². The van der Waals surface area contributed by atoms with Crippen LogP contribution in [0.3, 0.4) is 0 Å². The minimum Gasteiger partial charge on any atom is -0.349 e. The van der Waals surface area contributed by atoms with Crippen molar-refractivity contribution in [2.45, 2.75) is 29.5 Å². The van der Waals surface area contributed by atoms with Crippen molar-refractivity contribution in [3.05, 3.63) is 94.9 Å². The Kier molecular flexibility index (Phi) is 6.07. The molecule has 5 rings (SSSR count). The Hall–Kier alpha value is -3.29. The van der Waals surface area contributed by atoms with E-state index in [0.717, 1.165) is 29.1 Å². The molecule has 2 N–H and O–H groups in total. The highest BCUT2D eigenvalue weighted by Gasteiger charge is 2.24. The number of aromatic nitrogens is 2. The highest BCUT2D eigenvalue weighted by atomic mass is 35.5. The van der Waals surface area contributed by atoms with Crippen molar-refractivity contribution in [2.24, 2.45) is 0 Å². The van der Waals surface area contributed by atoms with Crippen LogP contribution in [0, 0.1) is 0 Å². The van der Waals surface area contributed by atoms with Gasteiger partial charge < -0.3 is 15.0 Å². The number of amides is 2. The first-order valence-electron chi connectivity index (χ1n) is 10.6. The number of rotatable bonds is 7. The molecular weight excluding hydrogens is 456 g/mol. The Balaban J connectivity index is 1.28. The van der Waals surface area contributed by atoms with Gasteiger partial charge in [-0.3, -0.25) is 9.59 Å². The fraction of sp³-hybridized carbons (Fsp3) is 0.160. The number of anilines is 1. The third kappa shape index (κ3) is 5.05. The van der Waals surface area contributed by atoms with Gasteiger partial charge in [-0.15, -0.1) is 11.8 Å². The Morgan fingerprint density at radius 3 is 2.64 bits per heavy atom. The van der Waals surface area contributed by atoms with E-state index in [1.807, 2.05) is 53.2 Å². The van der Waals surface area contributed by atoms with Crippen LogP contribution < -0.4 is 10.6 Å². The van der Waals surface area contributed by atoms with Gasteiger partial charge in [-0.2, -0.15) is 0 Å². The lowest BCUT2D eigenvalue weighted by molar-refractivity contribution is 0.0950. The number of hydrogen-bond donors (Lipinski definition) is 2. The van der Waals surface area contributed by atoms with E-state index >= 15 is 0 Å². The largest absolute Gasteiger partial charge is 0.349 e. The van der Waals surface area contributed by atoms with E-state index in [1.165, 1.54) is 0 Å². The molecule has 6 nitrogen and oxygen atoms in total. The van der Waals surface area contributed by atoms with E-state index in [9.17, 15) is 9.59 Å². The average Bonchev–Trinajstić information content (AvgIpc) is 3.52. The standard InChI is InChI=1S/C25H21ClN4O2S/c26-21-13-17(10-11-19(21)24(31)28-16-8-9-16)29-25(32)20-5-1-2-6-22(20)33-15-18-14-30-12-4-3-7-23(30)27-18/h1-7,10-14,16H,8-9,15H2,(H,28,31)(H,29,32). The first-order chi connectivity index (χ1) is 16.1. The Morgan fingerprint density at radius 1 is 1.03 bits per heavy atom. The molecule has 0 unspecified atom stereocenters. The van der Waals surface area contributed by atoms with Crippen LogP contribution in [-0.4, -0.2) is 27.2 Å². The van der Waals surface area contributed by atoms with Crippen molar-refractivity contribution in [3.63, 3.8) is 0 Å². The minimum atomic E-state index is -0.237. The molecular formula is C25H21ClN4O2S. The van der Waals surface area contributed by atoms with Gasteiger partial charge in [0.15, 0.2) is 0 Å². The highest BCUT2D eigenvalue weighted by molar-refractivity contribution is 7.98.